The normalized spacial score (nSPS) is 10.3. The summed E-state index contributed by atoms with van der Waals surface area (Å²) in [6, 6.07) is 8.89. The molecule has 1 aromatic carbocycles. The summed E-state index contributed by atoms with van der Waals surface area (Å²) in [6.07, 6.45) is 3.49. The third-order valence-electron chi connectivity index (χ3n) is 2.85. The topological polar surface area (TPSA) is 70.7 Å². The van der Waals surface area contributed by atoms with Crippen molar-refractivity contribution in [3.05, 3.63) is 48.0 Å². The molecule has 0 saturated heterocycles. The maximum Gasteiger partial charge on any atom is 0.244 e. The van der Waals surface area contributed by atoms with Gasteiger partial charge in [0, 0.05) is 24.0 Å². The average Bonchev–Trinajstić information content (AvgIpc) is 2.87. The van der Waals surface area contributed by atoms with Crippen LogP contribution < -0.4 is 5.32 Å². The summed E-state index contributed by atoms with van der Waals surface area (Å²) in [6.45, 7) is 4.28. The van der Waals surface area contributed by atoms with Crippen LogP contribution in [0, 0.1) is 11.3 Å². The maximum atomic E-state index is 12.0. The van der Waals surface area contributed by atoms with E-state index in [4.69, 9.17) is 5.26 Å². The number of carbonyl (C=O) groups is 1. The highest BCUT2D eigenvalue weighted by molar-refractivity contribution is 5.90. The second kappa shape index (κ2) is 6.02. The Bertz CT molecular complexity index is 652. The number of nitriles is 1. The van der Waals surface area contributed by atoms with E-state index in [0.29, 0.717) is 11.3 Å². The van der Waals surface area contributed by atoms with Gasteiger partial charge in [-0.2, -0.15) is 5.26 Å². The number of imidazole rings is 1. The molecular weight excluding hydrogens is 252 g/mol. The molecule has 1 N–H and O–H groups in total. The van der Waals surface area contributed by atoms with Crippen LogP contribution in [0.2, 0.25) is 0 Å². The molecule has 20 heavy (non-hydrogen) atoms. The highest BCUT2D eigenvalue weighted by Crippen LogP contribution is 2.13. The highest BCUT2D eigenvalue weighted by Gasteiger charge is 2.10. The Morgan fingerprint density at radius 2 is 2.30 bits per heavy atom. The Hall–Kier alpha value is -2.61. The summed E-state index contributed by atoms with van der Waals surface area (Å²) in [7, 11) is 0. The molecule has 0 radical (unpaired) electrons. The van der Waals surface area contributed by atoms with Crippen molar-refractivity contribution in [3.8, 4) is 6.07 Å². The molecule has 0 bridgehead atoms. The third-order valence-corrected chi connectivity index (χ3v) is 2.85. The summed E-state index contributed by atoms with van der Waals surface area (Å²) in [5.74, 6) is 1.01. The second-order valence-electron chi connectivity index (χ2n) is 4.81. The van der Waals surface area contributed by atoms with Gasteiger partial charge in [-0.05, 0) is 18.2 Å². The van der Waals surface area contributed by atoms with Gasteiger partial charge in [-0.15, -0.1) is 0 Å². The van der Waals surface area contributed by atoms with Crippen LogP contribution in [0.1, 0.15) is 31.2 Å². The fraction of sp³-hybridized carbons (Fsp3) is 0.267. The van der Waals surface area contributed by atoms with Crippen LogP contribution in [-0.2, 0) is 11.3 Å². The molecule has 2 aromatic rings. The van der Waals surface area contributed by atoms with Gasteiger partial charge in [0.05, 0.1) is 11.6 Å². The number of amides is 1. The van der Waals surface area contributed by atoms with Gasteiger partial charge in [-0.3, -0.25) is 4.79 Å². The molecule has 0 spiro atoms. The minimum absolute atomic E-state index is 0.139. The molecule has 5 heteroatoms. The number of aromatic nitrogens is 2. The van der Waals surface area contributed by atoms with Crippen LogP contribution in [0.5, 0.6) is 0 Å². The number of nitrogens with zero attached hydrogens (tertiary/aromatic N) is 3. The zero-order valence-corrected chi connectivity index (χ0v) is 11.5. The Morgan fingerprint density at radius 1 is 1.50 bits per heavy atom. The summed E-state index contributed by atoms with van der Waals surface area (Å²) < 4.78 is 1.83. The first kappa shape index (κ1) is 13.8. The van der Waals surface area contributed by atoms with Gasteiger partial charge in [0.25, 0.3) is 0 Å². The minimum atomic E-state index is -0.139. The van der Waals surface area contributed by atoms with E-state index in [1.165, 1.54) is 0 Å². The lowest BCUT2D eigenvalue weighted by atomic mass is 10.2. The van der Waals surface area contributed by atoms with Gasteiger partial charge >= 0.3 is 0 Å². The number of rotatable bonds is 4. The van der Waals surface area contributed by atoms with Crippen LogP contribution in [-0.4, -0.2) is 15.5 Å². The van der Waals surface area contributed by atoms with Crippen LogP contribution in [0.4, 0.5) is 5.69 Å². The Balaban J connectivity index is 2.05. The average molecular weight is 268 g/mol. The van der Waals surface area contributed by atoms with Crippen molar-refractivity contribution >= 4 is 11.6 Å². The molecule has 102 valence electrons. The molecule has 0 atom stereocenters. The number of benzene rings is 1. The smallest absolute Gasteiger partial charge is 0.244 e. The quantitative estimate of drug-likeness (QED) is 0.926. The van der Waals surface area contributed by atoms with Crippen LogP contribution in [0.3, 0.4) is 0 Å². The number of nitrogens with one attached hydrogen (secondary N) is 1. The zero-order chi connectivity index (χ0) is 14.5. The van der Waals surface area contributed by atoms with Crippen LogP contribution >= 0.6 is 0 Å². The van der Waals surface area contributed by atoms with Gasteiger partial charge in [-0.1, -0.05) is 19.9 Å². The van der Waals surface area contributed by atoms with E-state index in [1.807, 2.05) is 24.5 Å². The minimum Gasteiger partial charge on any atom is -0.325 e. The number of anilines is 1. The molecular formula is C15H16N4O. The summed E-state index contributed by atoms with van der Waals surface area (Å²) >= 11 is 0. The molecule has 5 nitrogen and oxygen atoms in total. The van der Waals surface area contributed by atoms with Gasteiger partial charge < -0.3 is 9.88 Å². The van der Waals surface area contributed by atoms with Gasteiger partial charge in [0.2, 0.25) is 5.91 Å². The maximum absolute atomic E-state index is 12.0. The van der Waals surface area contributed by atoms with Crippen molar-refractivity contribution in [1.29, 1.82) is 5.26 Å². The molecule has 0 saturated carbocycles. The van der Waals surface area contributed by atoms with E-state index in [9.17, 15) is 4.79 Å². The SMILES string of the molecule is CC(C)c1nccn1CC(=O)Nc1cccc(C#N)c1. The number of hydrogen-bond donors (Lipinski definition) is 1. The Labute approximate surface area is 117 Å². The van der Waals surface area contributed by atoms with Crippen LogP contribution in [0.25, 0.3) is 0 Å². The largest absolute Gasteiger partial charge is 0.325 e. The lowest BCUT2D eigenvalue weighted by Gasteiger charge is -2.10. The van der Waals surface area contributed by atoms with Crippen molar-refractivity contribution in [1.82, 2.24) is 9.55 Å². The molecule has 0 aliphatic rings. The van der Waals surface area contributed by atoms with E-state index in [-0.39, 0.29) is 18.4 Å². The first-order valence-corrected chi connectivity index (χ1v) is 6.41. The van der Waals surface area contributed by atoms with Crippen molar-refractivity contribution in [2.45, 2.75) is 26.3 Å². The Kier molecular flexibility index (Phi) is 4.16. The molecule has 2 rings (SSSR count). The van der Waals surface area contributed by atoms with Crippen molar-refractivity contribution in [2.24, 2.45) is 0 Å². The number of carbonyl (C=O) groups excluding carboxylic acids is 1. The standard InChI is InChI=1S/C15H16N4O/c1-11(2)15-17-6-7-19(15)10-14(20)18-13-5-3-4-12(8-13)9-16/h3-8,11H,10H2,1-2H3,(H,18,20). The predicted molar refractivity (Wildman–Crippen MR) is 76.1 cm³/mol. The number of hydrogen-bond acceptors (Lipinski definition) is 3. The highest BCUT2D eigenvalue weighted by atomic mass is 16.1. The van der Waals surface area contributed by atoms with E-state index in [2.05, 4.69) is 10.3 Å². The fourth-order valence-corrected chi connectivity index (χ4v) is 1.98. The van der Waals surface area contributed by atoms with Gasteiger partial charge in [-0.25, -0.2) is 4.98 Å². The molecule has 0 unspecified atom stereocenters. The molecule has 0 aliphatic carbocycles. The van der Waals surface area contributed by atoms with E-state index in [0.717, 1.165) is 5.82 Å². The molecule has 1 amide bonds. The van der Waals surface area contributed by atoms with E-state index in [1.54, 1.807) is 36.7 Å². The molecule has 0 fully saturated rings. The lowest BCUT2D eigenvalue weighted by molar-refractivity contribution is -0.116. The molecule has 1 heterocycles. The lowest BCUT2D eigenvalue weighted by Crippen LogP contribution is -2.20. The van der Waals surface area contributed by atoms with Crippen LogP contribution in [0.15, 0.2) is 36.7 Å². The summed E-state index contributed by atoms with van der Waals surface area (Å²) in [5, 5.41) is 11.6. The monoisotopic (exact) mass is 268 g/mol. The fourth-order valence-electron chi connectivity index (χ4n) is 1.98. The van der Waals surface area contributed by atoms with Gasteiger partial charge in [0.1, 0.15) is 12.4 Å². The first-order valence-electron chi connectivity index (χ1n) is 6.41. The van der Waals surface area contributed by atoms with E-state index >= 15 is 0 Å². The van der Waals surface area contributed by atoms with Gasteiger partial charge in [0.15, 0.2) is 0 Å². The van der Waals surface area contributed by atoms with E-state index < -0.39 is 0 Å². The first-order chi connectivity index (χ1) is 9.60. The second-order valence-corrected chi connectivity index (χ2v) is 4.81. The molecule has 1 aromatic heterocycles. The van der Waals surface area contributed by atoms with Crippen molar-refractivity contribution < 1.29 is 4.79 Å². The third kappa shape index (κ3) is 3.23. The Morgan fingerprint density at radius 3 is 3.00 bits per heavy atom. The van der Waals surface area contributed by atoms with Crippen molar-refractivity contribution in [3.63, 3.8) is 0 Å². The van der Waals surface area contributed by atoms with Crippen molar-refractivity contribution in [2.75, 3.05) is 5.32 Å². The zero-order valence-electron chi connectivity index (χ0n) is 11.5. The summed E-state index contributed by atoms with van der Waals surface area (Å²) in [5.41, 5.74) is 1.15. The predicted octanol–water partition coefficient (Wildman–Crippen LogP) is 2.52. The summed E-state index contributed by atoms with van der Waals surface area (Å²) in [4.78, 5) is 16.3. The molecule has 0 aliphatic heterocycles.